The molecule has 8 heteroatoms. The highest BCUT2D eigenvalue weighted by Gasteiger charge is 2.25. The topological polar surface area (TPSA) is 106 Å². The number of fused-ring (bicyclic) bond motifs is 1. The number of ketones is 1. The molecule has 0 aliphatic rings. The number of hydrogen-bond donors (Lipinski definition) is 2. The summed E-state index contributed by atoms with van der Waals surface area (Å²) in [6.45, 7) is 3.87. The molecule has 0 unspecified atom stereocenters. The number of aromatic nitrogens is 1. The number of nitrogen functional groups attached to an aromatic ring is 2. The fourth-order valence-electron chi connectivity index (χ4n) is 2.83. The van der Waals surface area contributed by atoms with E-state index in [2.05, 4.69) is 11.1 Å². The van der Waals surface area contributed by atoms with E-state index in [0.717, 1.165) is 11.3 Å². The summed E-state index contributed by atoms with van der Waals surface area (Å²) in [5.74, 6) is -0.156. The summed E-state index contributed by atoms with van der Waals surface area (Å²) in [5, 5.41) is 10.7. The predicted octanol–water partition coefficient (Wildman–Crippen LogP) is 4.99. The Hall–Kier alpha value is -2.33. The summed E-state index contributed by atoms with van der Waals surface area (Å²) < 4.78 is 0. The largest absolute Gasteiger partial charge is 0.397 e. The standard InChI is InChI=1S/C18H14Cl2N4OS/c1-7(2)12-9(6-21)17(23)24-18-13(12)14(22)16(26-18)15(25)8-3-4-10(19)11(20)5-8/h3-5,7H,22H2,1-2H3,(H2,23,24). The molecule has 0 fully saturated rings. The van der Waals surface area contributed by atoms with Crippen LogP contribution in [0.25, 0.3) is 10.2 Å². The molecule has 4 N–H and O–H groups in total. The van der Waals surface area contributed by atoms with E-state index >= 15 is 0 Å². The van der Waals surface area contributed by atoms with E-state index in [-0.39, 0.29) is 22.5 Å². The van der Waals surface area contributed by atoms with Crippen LogP contribution in [-0.4, -0.2) is 10.8 Å². The Morgan fingerprint density at radius 2 is 1.96 bits per heavy atom. The van der Waals surface area contributed by atoms with Gasteiger partial charge in [0.25, 0.3) is 0 Å². The molecule has 3 rings (SSSR count). The number of nitrogens with zero attached hydrogens (tertiary/aromatic N) is 2. The lowest BCUT2D eigenvalue weighted by atomic mass is 9.94. The molecule has 0 radical (unpaired) electrons. The number of hydrogen-bond acceptors (Lipinski definition) is 6. The summed E-state index contributed by atoms with van der Waals surface area (Å²) in [7, 11) is 0. The first kappa shape index (κ1) is 18.5. The summed E-state index contributed by atoms with van der Waals surface area (Å²) in [4.78, 5) is 18.1. The second-order valence-corrected chi connectivity index (χ2v) is 7.85. The number of carbonyl (C=O) groups is 1. The van der Waals surface area contributed by atoms with E-state index in [4.69, 9.17) is 34.7 Å². The van der Waals surface area contributed by atoms with Gasteiger partial charge in [-0.15, -0.1) is 11.3 Å². The number of rotatable bonds is 3. The van der Waals surface area contributed by atoms with Crippen molar-refractivity contribution >= 4 is 62.0 Å². The Balaban J connectivity index is 2.27. The molecule has 2 heterocycles. The third-order valence-electron chi connectivity index (χ3n) is 4.02. The van der Waals surface area contributed by atoms with Gasteiger partial charge in [-0.25, -0.2) is 4.98 Å². The van der Waals surface area contributed by atoms with E-state index in [0.29, 0.717) is 42.5 Å². The second-order valence-electron chi connectivity index (χ2n) is 6.04. The average Bonchev–Trinajstić information content (AvgIpc) is 2.91. The van der Waals surface area contributed by atoms with Gasteiger partial charge in [-0.2, -0.15) is 5.26 Å². The second kappa shape index (κ2) is 6.76. The normalized spacial score (nSPS) is 11.1. The molecular formula is C18H14Cl2N4OS. The molecular weight excluding hydrogens is 391 g/mol. The fourth-order valence-corrected chi connectivity index (χ4v) is 4.21. The monoisotopic (exact) mass is 404 g/mol. The lowest BCUT2D eigenvalue weighted by Crippen LogP contribution is -2.05. The van der Waals surface area contributed by atoms with Crippen LogP contribution in [0.1, 0.15) is 46.1 Å². The maximum absolute atomic E-state index is 12.9. The summed E-state index contributed by atoms with van der Waals surface area (Å²) >= 11 is 13.1. The highest BCUT2D eigenvalue weighted by molar-refractivity contribution is 7.21. The highest BCUT2D eigenvalue weighted by Crippen LogP contribution is 2.41. The van der Waals surface area contributed by atoms with Gasteiger partial charge in [-0.05, 0) is 29.7 Å². The molecule has 0 saturated carbocycles. The van der Waals surface area contributed by atoms with Crippen molar-refractivity contribution in [1.29, 1.82) is 5.26 Å². The zero-order chi connectivity index (χ0) is 19.2. The van der Waals surface area contributed by atoms with Gasteiger partial charge in [0.1, 0.15) is 21.6 Å². The van der Waals surface area contributed by atoms with Crippen LogP contribution in [-0.2, 0) is 0 Å². The first-order chi connectivity index (χ1) is 12.3. The molecule has 26 heavy (non-hydrogen) atoms. The summed E-state index contributed by atoms with van der Waals surface area (Å²) in [6, 6.07) is 6.74. The first-order valence-electron chi connectivity index (χ1n) is 7.67. The number of carbonyl (C=O) groups excluding carboxylic acids is 1. The van der Waals surface area contributed by atoms with Gasteiger partial charge in [0.2, 0.25) is 5.78 Å². The van der Waals surface area contributed by atoms with Crippen molar-refractivity contribution in [2.24, 2.45) is 0 Å². The predicted molar refractivity (Wildman–Crippen MR) is 107 cm³/mol. The van der Waals surface area contributed by atoms with Crippen molar-refractivity contribution in [2.75, 3.05) is 11.5 Å². The number of nitrogens with two attached hydrogens (primary N) is 2. The van der Waals surface area contributed by atoms with Crippen LogP contribution in [0, 0.1) is 11.3 Å². The van der Waals surface area contributed by atoms with E-state index in [1.807, 2.05) is 13.8 Å². The molecule has 0 atom stereocenters. The minimum Gasteiger partial charge on any atom is -0.397 e. The minimum atomic E-state index is -0.282. The van der Waals surface area contributed by atoms with E-state index < -0.39 is 0 Å². The number of anilines is 2. The molecule has 0 bridgehead atoms. The van der Waals surface area contributed by atoms with Crippen LogP contribution in [0.2, 0.25) is 10.0 Å². The number of halogens is 2. The Morgan fingerprint density at radius 1 is 1.27 bits per heavy atom. The third kappa shape index (κ3) is 2.88. The lowest BCUT2D eigenvalue weighted by molar-refractivity contribution is 0.104. The molecule has 0 aliphatic heterocycles. The van der Waals surface area contributed by atoms with Crippen LogP contribution < -0.4 is 11.5 Å². The Labute approximate surface area is 164 Å². The summed E-state index contributed by atoms with van der Waals surface area (Å²) in [6.07, 6.45) is 0. The van der Waals surface area contributed by atoms with Gasteiger partial charge in [0.15, 0.2) is 0 Å². The van der Waals surface area contributed by atoms with Crippen LogP contribution in [0.3, 0.4) is 0 Å². The van der Waals surface area contributed by atoms with Crippen molar-refractivity contribution in [3.05, 3.63) is 49.8 Å². The third-order valence-corrected chi connectivity index (χ3v) is 5.86. The van der Waals surface area contributed by atoms with Gasteiger partial charge in [-0.3, -0.25) is 4.79 Å². The Morgan fingerprint density at radius 3 is 2.54 bits per heavy atom. The number of pyridine rings is 1. The molecule has 0 amide bonds. The van der Waals surface area contributed by atoms with E-state index in [1.54, 1.807) is 12.1 Å². The maximum atomic E-state index is 12.9. The molecule has 132 valence electrons. The quantitative estimate of drug-likeness (QED) is 0.597. The average molecular weight is 405 g/mol. The SMILES string of the molecule is CC(C)c1c(C#N)c(N)nc2sc(C(=O)c3ccc(Cl)c(Cl)c3)c(N)c12. The highest BCUT2D eigenvalue weighted by atomic mass is 35.5. The number of nitriles is 1. The first-order valence-corrected chi connectivity index (χ1v) is 9.24. The van der Waals surface area contributed by atoms with Gasteiger partial charge in [0.05, 0.1) is 21.3 Å². The molecule has 0 aliphatic carbocycles. The van der Waals surface area contributed by atoms with Gasteiger partial charge >= 0.3 is 0 Å². The molecule has 0 spiro atoms. The molecule has 1 aromatic carbocycles. The summed E-state index contributed by atoms with van der Waals surface area (Å²) in [5.41, 5.74) is 13.9. The fraction of sp³-hybridized carbons (Fsp3) is 0.167. The van der Waals surface area contributed by atoms with Gasteiger partial charge in [0, 0.05) is 10.9 Å². The van der Waals surface area contributed by atoms with Crippen LogP contribution in [0.15, 0.2) is 18.2 Å². The van der Waals surface area contributed by atoms with E-state index in [1.165, 1.54) is 6.07 Å². The van der Waals surface area contributed by atoms with Gasteiger partial charge in [-0.1, -0.05) is 37.0 Å². The van der Waals surface area contributed by atoms with Crippen molar-refractivity contribution in [2.45, 2.75) is 19.8 Å². The zero-order valence-corrected chi connectivity index (χ0v) is 16.3. The lowest BCUT2D eigenvalue weighted by Gasteiger charge is -2.12. The maximum Gasteiger partial charge on any atom is 0.205 e. The Kier molecular flexibility index (Phi) is 4.80. The molecule has 2 aromatic heterocycles. The minimum absolute atomic E-state index is 0.0118. The smallest absolute Gasteiger partial charge is 0.205 e. The number of benzene rings is 1. The van der Waals surface area contributed by atoms with E-state index in [9.17, 15) is 10.1 Å². The van der Waals surface area contributed by atoms with Crippen molar-refractivity contribution < 1.29 is 4.79 Å². The van der Waals surface area contributed by atoms with Crippen LogP contribution in [0.4, 0.5) is 11.5 Å². The van der Waals surface area contributed by atoms with Crippen molar-refractivity contribution in [1.82, 2.24) is 4.98 Å². The molecule has 3 aromatic rings. The van der Waals surface area contributed by atoms with Gasteiger partial charge < -0.3 is 11.5 Å². The Bertz CT molecular complexity index is 1100. The van der Waals surface area contributed by atoms with Crippen LogP contribution in [0.5, 0.6) is 0 Å². The zero-order valence-electron chi connectivity index (χ0n) is 13.9. The molecule has 5 nitrogen and oxygen atoms in total. The van der Waals surface area contributed by atoms with Crippen molar-refractivity contribution in [3.63, 3.8) is 0 Å². The molecule has 0 saturated heterocycles. The van der Waals surface area contributed by atoms with Crippen molar-refractivity contribution in [3.8, 4) is 6.07 Å². The van der Waals surface area contributed by atoms with Crippen LogP contribution >= 0.6 is 34.5 Å². The number of thiophene rings is 1.